The summed E-state index contributed by atoms with van der Waals surface area (Å²) in [6.07, 6.45) is 2.72. The second kappa shape index (κ2) is 10.7. The van der Waals surface area contributed by atoms with Gasteiger partial charge >= 0.3 is 0 Å². The number of ether oxygens (including phenoxy) is 2. The zero-order chi connectivity index (χ0) is 15.3. The molecule has 21 heavy (non-hydrogen) atoms. The standard InChI is InChI=1S/C16H25N3O2/c1-4-10-18-16(17-2)19-11-5-12-21-13-14-6-8-15(20-3)9-7-14/h4,6-9H,1,5,10-13H2,2-3H3,(H2,17,18,19). The van der Waals surface area contributed by atoms with Crippen LogP contribution in [0.5, 0.6) is 5.75 Å². The summed E-state index contributed by atoms with van der Waals surface area (Å²) in [5.74, 6) is 1.64. The van der Waals surface area contributed by atoms with Gasteiger partial charge in [0, 0.05) is 26.7 Å². The molecule has 0 saturated heterocycles. The Morgan fingerprint density at radius 3 is 2.67 bits per heavy atom. The van der Waals surface area contributed by atoms with Crippen molar-refractivity contribution >= 4 is 5.96 Å². The Morgan fingerprint density at radius 2 is 2.05 bits per heavy atom. The minimum atomic E-state index is 0.618. The Bertz CT molecular complexity index is 430. The number of hydrogen-bond donors (Lipinski definition) is 2. The summed E-state index contributed by atoms with van der Waals surface area (Å²) < 4.78 is 10.7. The number of aliphatic imine (C=N–C) groups is 1. The summed E-state index contributed by atoms with van der Waals surface area (Å²) >= 11 is 0. The summed E-state index contributed by atoms with van der Waals surface area (Å²) in [7, 11) is 3.41. The SMILES string of the molecule is C=CCNC(=NC)NCCCOCc1ccc(OC)cc1. The lowest BCUT2D eigenvalue weighted by molar-refractivity contribution is 0.119. The van der Waals surface area contributed by atoms with E-state index in [4.69, 9.17) is 9.47 Å². The number of hydrogen-bond acceptors (Lipinski definition) is 3. The molecule has 5 heteroatoms. The first-order chi connectivity index (χ1) is 10.3. The maximum atomic E-state index is 5.63. The van der Waals surface area contributed by atoms with Crippen LogP contribution in [0.3, 0.4) is 0 Å². The minimum Gasteiger partial charge on any atom is -0.497 e. The van der Waals surface area contributed by atoms with Crippen molar-refractivity contribution in [3.05, 3.63) is 42.5 Å². The van der Waals surface area contributed by atoms with E-state index in [2.05, 4.69) is 22.2 Å². The van der Waals surface area contributed by atoms with Gasteiger partial charge in [-0.1, -0.05) is 18.2 Å². The van der Waals surface area contributed by atoms with Gasteiger partial charge in [-0.25, -0.2) is 0 Å². The van der Waals surface area contributed by atoms with Gasteiger partial charge in [0.25, 0.3) is 0 Å². The molecule has 116 valence electrons. The van der Waals surface area contributed by atoms with E-state index in [0.29, 0.717) is 19.8 Å². The van der Waals surface area contributed by atoms with E-state index >= 15 is 0 Å². The van der Waals surface area contributed by atoms with Crippen molar-refractivity contribution in [3.8, 4) is 5.75 Å². The highest BCUT2D eigenvalue weighted by Crippen LogP contribution is 2.11. The van der Waals surface area contributed by atoms with Crippen LogP contribution in [0.1, 0.15) is 12.0 Å². The molecule has 0 atom stereocenters. The quantitative estimate of drug-likeness (QED) is 0.316. The topological polar surface area (TPSA) is 54.9 Å². The van der Waals surface area contributed by atoms with Gasteiger partial charge in [-0.3, -0.25) is 4.99 Å². The monoisotopic (exact) mass is 291 g/mol. The molecule has 0 bridgehead atoms. The van der Waals surface area contributed by atoms with Crippen molar-refractivity contribution in [1.82, 2.24) is 10.6 Å². The summed E-state index contributed by atoms with van der Waals surface area (Å²) in [6, 6.07) is 7.90. The van der Waals surface area contributed by atoms with Crippen molar-refractivity contribution in [3.63, 3.8) is 0 Å². The summed E-state index contributed by atoms with van der Waals surface area (Å²) in [4.78, 5) is 4.10. The Labute approximate surface area is 127 Å². The van der Waals surface area contributed by atoms with E-state index < -0.39 is 0 Å². The predicted molar refractivity (Wildman–Crippen MR) is 86.8 cm³/mol. The minimum absolute atomic E-state index is 0.618. The molecule has 0 heterocycles. The van der Waals surface area contributed by atoms with E-state index in [1.54, 1.807) is 20.2 Å². The van der Waals surface area contributed by atoms with Gasteiger partial charge in [-0.05, 0) is 24.1 Å². The molecule has 0 aromatic heterocycles. The lowest BCUT2D eigenvalue weighted by Gasteiger charge is -2.10. The maximum absolute atomic E-state index is 5.63. The Morgan fingerprint density at radius 1 is 1.29 bits per heavy atom. The van der Waals surface area contributed by atoms with Crippen LogP contribution in [-0.4, -0.2) is 39.8 Å². The summed E-state index contributed by atoms with van der Waals surface area (Å²) in [5, 5.41) is 6.33. The number of guanidine groups is 1. The zero-order valence-electron chi connectivity index (χ0n) is 12.9. The number of nitrogens with one attached hydrogen (secondary N) is 2. The molecule has 0 amide bonds. The molecule has 1 aromatic rings. The van der Waals surface area contributed by atoms with Crippen LogP contribution in [0.25, 0.3) is 0 Å². The van der Waals surface area contributed by atoms with Crippen molar-refractivity contribution in [1.29, 1.82) is 0 Å². The van der Waals surface area contributed by atoms with E-state index in [-0.39, 0.29) is 0 Å². The highest BCUT2D eigenvalue weighted by atomic mass is 16.5. The fourth-order valence-corrected chi connectivity index (χ4v) is 1.68. The third-order valence-corrected chi connectivity index (χ3v) is 2.82. The molecule has 1 rings (SSSR count). The van der Waals surface area contributed by atoms with Crippen LogP contribution in [0.2, 0.25) is 0 Å². The molecular formula is C16H25N3O2. The highest BCUT2D eigenvalue weighted by Gasteiger charge is 1.97. The van der Waals surface area contributed by atoms with Gasteiger partial charge in [0.15, 0.2) is 5.96 Å². The molecule has 0 spiro atoms. The van der Waals surface area contributed by atoms with Crippen LogP contribution in [0.4, 0.5) is 0 Å². The molecule has 0 aliphatic heterocycles. The van der Waals surface area contributed by atoms with Gasteiger partial charge in [0.2, 0.25) is 0 Å². The third kappa shape index (κ3) is 7.37. The molecule has 0 radical (unpaired) electrons. The second-order valence-corrected chi connectivity index (χ2v) is 4.42. The Balaban J connectivity index is 2.09. The first kappa shape index (κ1) is 17.0. The lowest BCUT2D eigenvalue weighted by Crippen LogP contribution is -2.38. The molecule has 0 saturated carbocycles. The van der Waals surface area contributed by atoms with E-state index in [9.17, 15) is 0 Å². The van der Waals surface area contributed by atoms with E-state index in [0.717, 1.165) is 30.2 Å². The van der Waals surface area contributed by atoms with Gasteiger partial charge < -0.3 is 20.1 Å². The first-order valence-electron chi connectivity index (χ1n) is 7.06. The fourth-order valence-electron chi connectivity index (χ4n) is 1.68. The molecule has 1 aromatic carbocycles. The second-order valence-electron chi connectivity index (χ2n) is 4.42. The van der Waals surface area contributed by atoms with Gasteiger partial charge in [-0.2, -0.15) is 0 Å². The molecule has 0 fully saturated rings. The Kier molecular flexibility index (Phi) is 8.72. The fraction of sp³-hybridized carbons (Fsp3) is 0.438. The van der Waals surface area contributed by atoms with Crippen molar-refractivity contribution in [2.45, 2.75) is 13.0 Å². The molecule has 2 N–H and O–H groups in total. The molecule has 0 aliphatic carbocycles. The maximum Gasteiger partial charge on any atom is 0.191 e. The molecule has 0 aliphatic rings. The number of rotatable bonds is 9. The lowest BCUT2D eigenvalue weighted by atomic mass is 10.2. The molecule has 5 nitrogen and oxygen atoms in total. The highest BCUT2D eigenvalue weighted by molar-refractivity contribution is 5.79. The Hall–Kier alpha value is -2.01. The van der Waals surface area contributed by atoms with Crippen LogP contribution in [-0.2, 0) is 11.3 Å². The van der Waals surface area contributed by atoms with Crippen LogP contribution in [0, 0.1) is 0 Å². The van der Waals surface area contributed by atoms with Gasteiger partial charge in [0.05, 0.1) is 13.7 Å². The van der Waals surface area contributed by atoms with Gasteiger partial charge in [-0.15, -0.1) is 6.58 Å². The van der Waals surface area contributed by atoms with E-state index in [1.165, 1.54) is 0 Å². The smallest absolute Gasteiger partial charge is 0.191 e. The summed E-state index contributed by atoms with van der Waals surface area (Å²) in [6.45, 7) is 6.50. The third-order valence-electron chi connectivity index (χ3n) is 2.82. The van der Waals surface area contributed by atoms with Crippen molar-refractivity contribution in [2.24, 2.45) is 4.99 Å². The largest absolute Gasteiger partial charge is 0.497 e. The van der Waals surface area contributed by atoms with Crippen molar-refractivity contribution < 1.29 is 9.47 Å². The van der Waals surface area contributed by atoms with E-state index in [1.807, 2.05) is 24.3 Å². The molecule has 0 unspecified atom stereocenters. The summed E-state index contributed by atoms with van der Waals surface area (Å²) in [5.41, 5.74) is 1.15. The first-order valence-corrected chi connectivity index (χ1v) is 7.06. The molecular weight excluding hydrogens is 266 g/mol. The van der Waals surface area contributed by atoms with Crippen LogP contribution in [0.15, 0.2) is 41.9 Å². The van der Waals surface area contributed by atoms with Crippen LogP contribution >= 0.6 is 0 Å². The number of nitrogens with zero attached hydrogens (tertiary/aromatic N) is 1. The van der Waals surface area contributed by atoms with Crippen molar-refractivity contribution in [2.75, 3.05) is 33.9 Å². The number of benzene rings is 1. The average molecular weight is 291 g/mol. The predicted octanol–water partition coefficient (Wildman–Crippen LogP) is 1.95. The number of methoxy groups -OCH3 is 1. The van der Waals surface area contributed by atoms with Crippen LogP contribution < -0.4 is 15.4 Å². The van der Waals surface area contributed by atoms with Gasteiger partial charge in [0.1, 0.15) is 5.75 Å². The average Bonchev–Trinajstić information content (AvgIpc) is 2.54. The zero-order valence-corrected chi connectivity index (χ0v) is 12.9. The normalized spacial score (nSPS) is 11.0.